The fourth-order valence-electron chi connectivity index (χ4n) is 5.26. The Morgan fingerprint density at radius 1 is 1.00 bits per heavy atom. The molecular weight excluding hydrogens is 398 g/mol. The average Bonchev–Trinajstić information content (AvgIpc) is 2.79. The first-order valence-corrected chi connectivity index (χ1v) is 11.0. The number of ether oxygens (including phenoxy) is 2. The summed E-state index contributed by atoms with van der Waals surface area (Å²) in [4.78, 5) is 12.4. The predicted octanol–water partition coefficient (Wildman–Crippen LogP) is 6.68. The van der Waals surface area contributed by atoms with E-state index >= 15 is 0 Å². The highest BCUT2D eigenvalue weighted by molar-refractivity contribution is 5.91. The van der Waals surface area contributed by atoms with E-state index in [1.165, 1.54) is 44.6 Å². The van der Waals surface area contributed by atoms with Crippen LogP contribution in [-0.2, 0) is 0 Å². The van der Waals surface area contributed by atoms with Crippen molar-refractivity contribution < 1.29 is 23.0 Å². The van der Waals surface area contributed by atoms with Gasteiger partial charge < -0.3 is 9.47 Å². The maximum absolute atomic E-state index is 14.9. The van der Waals surface area contributed by atoms with Crippen LogP contribution in [0.3, 0.4) is 0 Å². The van der Waals surface area contributed by atoms with E-state index in [1.54, 1.807) is 12.1 Å². The number of carbonyl (C=O) groups excluding carboxylic acids is 1. The van der Waals surface area contributed by atoms with Gasteiger partial charge in [0.2, 0.25) is 0 Å². The Morgan fingerprint density at radius 2 is 1.77 bits per heavy atom. The molecule has 0 heterocycles. The summed E-state index contributed by atoms with van der Waals surface area (Å²) < 4.78 is 39.0. The number of benzene rings is 2. The number of hydrogen-bond acceptors (Lipinski definition) is 3. The molecule has 0 bridgehead atoms. The summed E-state index contributed by atoms with van der Waals surface area (Å²) in [5, 5.41) is 0. The van der Waals surface area contributed by atoms with Gasteiger partial charge in [0.25, 0.3) is 0 Å². The molecule has 2 saturated carbocycles. The first-order valence-electron chi connectivity index (χ1n) is 11.0. The molecular formula is C26H28F2O3. The van der Waals surface area contributed by atoms with Gasteiger partial charge >= 0.3 is 5.97 Å². The van der Waals surface area contributed by atoms with Crippen LogP contribution in [0.2, 0.25) is 0 Å². The van der Waals surface area contributed by atoms with Crippen LogP contribution in [0.1, 0.15) is 60.4 Å². The number of carbonyl (C=O) groups is 1. The standard InChI is InChI=1S/C26H28F2O3/c1-3-16-4-5-18-13-19(7-6-17(18)12-16)22-10-8-20(14-23(22)27)26(29)31-25-11-9-21(30-2)15-24(25)28/h3,8-11,14-19H,1,4-7,12-13H2,2H3. The van der Waals surface area contributed by atoms with Crippen LogP contribution in [0.25, 0.3) is 0 Å². The number of halogens is 2. The zero-order chi connectivity index (χ0) is 22.0. The maximum Gasteiger partial charge on any atom is 0.343 e. The van der Waals surface area contributed by atoms with Gasteiger partial charge in [0, 0.05) is 6.07 Å². The molecule has 0 aliphatic heterocycles. The molecule has 0 radical (unpaired) electrons. The van der Waals surface area contributed by atoms with Crippen LogP contribution in [-0.4, -0.2) is 13.1 Å². The highest BCUT2D eigenvalue weighted by atomic mass is 19.1. The smallest absolute Gasteiger partial charge is 0.343 e. The van der Waals surface area contributed by atoms with Gasteiger partial charge in [0.1, 0.15) is 11.6 Å². The van der Waals surface area contributed by atoms with Gasteiger partial charge in [-0.2, -0.15) is 0 Å². The molecule has 3 nitrogen and oxygen atoms in total. The third-order valence-electron chi connectivity index (χ3n) is 7.00. The fourth-order valence-corrected chi connectivity index (χ4v) is 5.26. The third kappa shape index (κ3) is 4.65. The van der Waals surface area contributed by atoms with E-state index in [0.717, 1.165) is 25.3 Å². The molecule has 0 saturated heterocycles. The molecule has 5 heteroatoms. The molecule has 2 aromatic rings. The average molecular weight is 427 g/mol. The Morgan fingerprint density at radius 3 is 2.48 bits per heavy atom. The van der Waals surface area contributed by atoms with Crippen molar-refractivity contribution in [1.29, 1.82) is 0 Å². The van der Waals surface area contributed by atoms with Crippen molar-refractivity contribution in [2.75, 3.05) is 7.11 Å². The van der Waals surface area contributed by atoms with Crippen LogP contribution < -0.4 is 9.47 Å². The van der Waals surface area contributed by atoms with Crippen LogP contribution in [0.4, 0.5) is 8.78 Å². The van der Waals surface area contributed by atoms with Crippen molar-refractivity contribution in [3.63, 3.8) is 0 Å². The Hall–Kier alpha value is -2.69. The first-order chi connectivity index (χ1) is 15.0. The second kappa shape index (κ2) is 9.21. The number of hydrogen-bond donors (Lipinski definition) is 0. The van der Waals surface area contributed by atoms with E-state index < -0.39 is 17.6 Å². The van der Waals surface area contributed by atoms with Crippen LogP contribution in [0.5, 0.6) is 11.5 Å². The molecule has 31 heavy (non-hydrogen) atoms. The molecule has 0 amide bonds. The van der Waals surface area contributed by atoms with Gasteiger partial charge in [-0.3, -0.25) is 0 Å². The molecule has 0 N–H and O–H groups in total. The van der Waals surface area contributed by atoms with E-state index in [1.807, 2.05) is 0 Å². The maximum atomic E-state index is 14.9. The third-order valence-corrected chi connectivity index (χ3v) is 7.00. The largest absolute Gasteiger partial charge is 0.497 e. The molecule has 0 aromatic heterocycles. The summed E-state index contributed by atoms with van der Waals surface area (Å²) in [7, 11) is 1.42. The number of allylic oxidation sites excluding steroid dienone is 1. The summed E-state index contributed by atoms with van der Waals surface area (Å²) in [6, 6.07) is 8.41. The first kappa shape index (κ1) is 21.5. The molecule has 164 valence electrons. The minimum absolute atomic E-state index is 0.0663. The highest BCUT2D eigenvalue weighted by Gasteiger charge is 2.36. The molecule has 4 unspecified atom stereocenters. The van der Waals surface area contributed by atoms with Gasteiger partial charge in [-0.15, -0.1) is 6.58 Å². The Balaban J connectivity index is 1.43. The van der Waals surface area contributed by atoms with E-state index in [9.17, 15) is 13.6 Å². The van der Waals surface area contributed by atoms with Crippen molar-refractivity contribution in [2.45, 2.75) is 44.4 Å². The summed E-state index contributed by atoms with van der Waals surface area (Å²) in [5.74, 6) is 0.341. The van der Waals surface area contributed by atoms with Crippen LogP contribution in [0, 0.1) is 29.4 Å². The fraction of sp³-hybridized carbons (Fsp3) is 0.423. The van der Waals surface area contributed by atoms with E-state index in [2.05, 4.69) is 12.7 Å². The predicted molar refractivity (Wildman–Crippen MR) is 115 cm³/mol. The molecule has 2 fully saturated rings. The quantitative estimate of drug-likeness (QED) is 0.304. The summed E-state index contributed by atoms with van der Waals surface area (Å²) in [6.07, 6.45) is 8.70. The van der Waals surface area contributed by atoms with Crippen molar-refractivity contribution >= 4 is 5.97 Å². The van der Waals surface area contributed by atoms with E-state index in [0.29, 0.717) is 29.1 Å². The lowest BCUT2D eigenvalue weighted by molar-refractivity contribution is 0.0727. The number of fused-ring (bicyclic) bond motifs is 1. The molecule has 4 rings (SSSR count). The summed E-state index contributed by atoms with van der Waals surface area (Å²) >= 11 is 0. The Bertz CT molecular complexity index is 971. The number of rotatable bonds is 5. The molecule has 2 aromatic carbocycles. The highest BCUT2D eigenvalue weighted by Crippen LogP contribution is 2.48. The summed E-state index contributed by atoms with van der Waals surface area (Å²) in [5.41, 5.74) is 0.730. The monoisotopic (exact) mass is 426 g/mol. The number of esters is 1. The zero-order valence-electron chi connectivity index (χ0n) is 17.8. The van der Waals surface area contributed by atoms with E-state index in [4.69, 9.17) is 9.47 Å². The van der Waals surface area contributed by atoms with Crippen molar-refractivity contribution in [3.8, 4) is 11.5 Å². The van der Waals surface area contributed by atoms with Gasteiger partial charge in [0.05, 0.1) is 12.7 Å². The Kier molecular flexibility index (Phi) is 6.40. The second-order valence-corrected chi connectivity index (χ2v) is 8.76. The second-order valence-electron chi connectivity index (χ2n) is 8.76. The van der Waals surface area contributed by atoms with Crippen LogP contribution >= 0.6 is 0 Å². The molecule has 2 aliphatic carbocycles. The van der Waals surface area contributed by atoms with Crippen molar-refractivity contribution in [2.24, 2.45) is 17.8 Å². The lowest BCUT2D eigenvalue weighted by Gasteiger charge is -2.41. The van der Waals surface area contributed by atoms with Crippen molar-refractivity contribution in [1.82, 2.24) is 0 Å². The van der Waals surface area contributed by atoms with Gasteiger partial charge in [-0.1, -0.05) is 12.1 Å². The Labute approximate surface area is 182 Å². The molecule has 0 spiro atoms. The molecule has 2 aliphatic rings. The van der Waals surface area contributed by atoms with Gasteiger partial charge in [0.15, 0.2) is 11.6 Å². The minimum atomic E-state index is -0.791. The SMILES string of the molecule is C=CC1CCC2CC(c3ccc(C(=O)Oc4ccc(OC)cc4F)cc3F)CCC2C1. The van der Waals surface area contributed by atoms with Gasteiger partial charge in [-0.05, 0) is 92.0 Å². The normalized spacial score (nSPS) is 25.4. The van der Waals surface area contributed by atoms with Crippen molar-refractivity contribution in [3.05, 3.63) is 71.8 Å². The van der Waals surface area contributed by atoms with Gasteiger partial charge in [-0.25, -0.2) is 13.6 Å². The topological polar surface area (TPSA) is 35.5 Å². The molecule has 4 atom stereocenters. The lowest BCUT2D eigenvalue weighted by atomic mass is 9.64. The van der Waals surface area contributed by atoms with E-state index in [-0.39, 0.29) is 17.2 Å². The lowest BCUT2D eigenvalue weighted by Crippen LogP contribution is -2.30. The zero-order valence-corrected chi connectivity index (χ0v) is 17.8. The number of methoxy groups -OCH3 is 1. The van der Waals surface area contributed by atoms with Crippen LogP contribution in [0.15, 0.2) is 49.1 Å². The minimum Gasteiger partial charge on any atom is -0.497 e. The summed E-state index contributed by atoms with van der Waals surface area (Å²) in [6.45, 7) is 3.94.